The molecule has 0 spiro atoms. The average molecular weight is 445 g/mol. The van der Waals surface area contributed by atoms with Crippen LogP contribution in [0.5, 0.6) is 0 Å². The zero-order valence-corrected chi connectivity index (χ0v) is 19.1. The monoisotopic (exact) mass is 444 g/mol. The Morgan fingerprint density at radius 1 is 1.06 bits per heavy atom. The number of ether oxygens (including phenoxy) is 3. The van der Waals surface area contributed by atoms with Crippen LogP contribution in [0.4, 0.5) is 10.5 Å². The second kappa shape index (κ2) is 9.55. The van der Waals surface area contributed by atoms with Crippen molar-refractivity contribution < 1.29 is 19.0 Å². The number of morpholine rings is 1. The first-order valence-corrected chi connectivity index (χ1v) is 12.1. The fraction of sp³-hybridized carbons (Fsp3) is 0.708. The number of nitrogens with zero attached hydrogens (tertiary/aromatic N) is 1. The number of hydrazine groups is 1. The van der Waals surface area contributed by atoms with E-state index in [1.165, 1.54) is 11.3 Å². The van der Waals surface area contributed by atoms with Gasteiger partial charge in [-0.1, -0.05) is 6.07 Å². The lowest BCUT2D eigenvalue weighted by Crippen LogP contribution is -2.45. The van der Waals surface area contributed by atoms with Crippen LogP contribution < -0.4 is 21.1 Å². The summed E-state index contributed by atoms with van der Waals surface area (Å²) in [7, 11) is 0. The van der Waals surface area contributed by atoms with Gasteiger partial charge in [-0.15, -0.1) is 0 Å². The molecule has 0 aromatic heterocycles. The largest absolute Gasteiger partial charge is 0.445 e. The number of rotatable bonds is 1. The Bertz CT molecular complexity index is 811. The number of nitrogens with one attached hydrogen (secondary N) is 3. The molecular formula is C24H36N4O4. The molecule has 3 N–H and O–H groups in total. The van der Waals surface area contributed by atoms with Crippen molar-refractivity contribution in [3.05, 3.63) is 29.3 Å². The maximum Gasteiger partial charge on any atom is 0.407 e. The van der Waals surface area contributed by atoms with E-state index in [-0.39, 0.29) is 37.1 Å². The van der Waals surface area contributed by atoms with Gasteiger partial charge < -0.3 is 24.4 Å². The first-order valence-electron chi connectivity index (χ1n) is 12.1. The molecule has 0 radical (unpaired) electrons. The molecule has 6 atom stereocenters. The average Bonchev–Trinajstić information content (AvgIpc) is 3.19. The fourth-order valence-corrected chi connectivity index (χ4v) is 5.75. The van der Waals surface area contributed by atoms with E-state index in [9.17, 15) is 4.79 Å². The number of alkyl carbamates (subject to hydrolysis) is 1. The van der Waals surface area contributed by atoms with E-state index < -0.39 is 0 Å². The molecule has 4 unspecified atom stereocenters. The number of hydrogen-bond donors (Lipinski definition) is 3. The summed E-state index contributed by atoms with van der Waals surface area (Å²) in [6.45, 7) is 7.45. The first kappa shape index (κ1) is 21.9. The minimum atomic E-state index is -0.375. The standard InChI is InChI=1S/C24H36N4O4/c1-15-12-28(13-16(2)32-15)19-9-17-8-18(10-19)23-21-11-20(4-5-22(21)26-27-23)30-7-3-6-25-24(29)31-14-17/h8-10,15-16,20-23,26-27H,3-7,11-14H2,1-2H3,(H,25,29)/t15-,16+,20?,21?,22?,23?. The van der Waals surface area contributed by atoms with Crippen LogP contribution >= 0.6 is 0 Å². The van der Waals surface area contributed by atoms with Gasteiger partial charge in [0.2, 0.25) is 0 Å². The molecule has 176 valence electrons. The Morgan fingerprint density at radius 2 is 1.91 bits per heavy atom. The van der Waals surface area contributed by atoms with Crippen molar-refractivity contribution >= 4 is 11.8 Å². The SMILES string of the molecule is C[C@@H]1CN(c2cc3cc(c2)C2NNC4CCC(CC42)OCCCNC(=O)OC3)C[C@H](C)O1. The van der Waals surface area contributed by atoms with E-state index >= 15 is 0 Å². The molecule has 32 heavy (non-hydrogen) atoms. The Hall–Kier alpha value is -1.87. The Kier molecular flexibility index (Phi) is 6.55. The summed E-state index contributed by atoms with van der Waals surface area (Å²) in [5.74, 6) is 0.477. The number of hydrogen-bond acceptors (Lipinski definition) is 7. The summed E-state index contributed by atoms with van der Waals surface area (Å²) in [5, 5.41) is 2.84. The quantitative estimate of drug-likeness (QED) is 0.614. The lowest BCUT2D eigenvalue weighted by Gasteiger charge is -2.37. The Labute approximate surface area is 190 Å². The summed E-state index contributed by atoms with van der Waals surface area (Å²) in [6, 6.07) is 7.33. The highest BCUT2D eigenvalue weighted by Crippen LogP contribution is 2.40. The summed E-state index contributed by atoms with van der Waals surface area (Å²) in [6.07, 6.45) is 4.30. The summed E-state index contributed by atoms with van der Waals surface area (Å²) >= 11 is 0. The Balaban J connectivity index is 1.47. The van der Waals surface area contributed by atoms with Crippen LogP contribution in [0.15, 0.2) is 18.2 Å². The molecule has 3 heterocycles. The normalized spacial score (nSPS) is 35.9. The van der Waals surface area contributed by atoms with Crippen molar-refractivity contribution in [2.24, 2.45) is 5.92 Å². The fourth-order valence-electron chi connectivity index (χ4n) is 5.75. The molecule has 2 saturated heterocycles. The molecule has 4 aliphatic rings. The molecular weight excluding hydrogens is 408 g/mol. The van der Waals surface area contributed by atoms with Crippen molar-refractivity contribution in [1.29, 1.82) is 0 Å². The Morgan fingerprint density at radius 3 is 2.75 bits per heavy atom. The third-order valence-electron chi connectivity index (χ3n) is 7.16. The first-order chi connectivity index (χ1) is 15.5. The second-order valence-electron chi connectivity index (χ2n) is 9.79. The summed E-state index contributed by atoms with van der Waals surface area (Å²) in [5.41, 5.74) is 10.5. The number of cyclic esters (lactones) is 1. The topological polar surface area (TPSA) is 84.1 Å². The molecule has 1 saturated carbocycles. The van der Waals surface area contributed by atoms with Gasteiger partial charge in [0, 0.05) is 38.0 Å². The molecule has 1 amide bonds. The minimum Gasteiger partial charge on any atom is -0.445 e. The van der Waals surface area contributed by atoms with E-state index in [2.05, 4.69) is 53.1 Å². The van der Waals surface area contributed by atoms with E-state index in [1.807, 2.05) is 0 Å². The van der Waals surface area contributed by atoms with Gasteiger partial charge in [0.25, 0.3) is 0 Å². The van der Waals surface area contributed by atoms with Crippen molar-refractivity contribution in [2.45, 2.75) is 76.5 Å². The molecule has 1 aromatic rings. The van der Waals surface area contributed by atoms with Crippen molar-refractivity contribution in [1.82, 2.24) is 16.2 Å². The van der Waals surface area contributed by atoms with E-state index in [1.54, 1.807) is 0 Å². The number of benzene rings is 1. The summed E-state index contributed by atoms with van der Waals surface area (Å²) in [4.78, 5) is 14.6. The third kappa shape index (κ3) is 4.88. The van der Waals surface area contributed by atoms with Crippen LogP contribution in [-0.2, 0) is 20.8 Å². The van der Waals surface area contributed by atoms with Crippen LogP contribution in [0.2, 0.25) is 0 Å². The van der Waals surface area contributed by atoms with Crippen LogP contribution in [0.1, 0.15) is 56.7 Å². The highest BCUT2D eigenvalue weighted by atomic mass is 16.5. The molecule has 3 fully saturated rings. The van der Waals surface area contributed by atoms with Gasteiger partial charge in [0.05, 0.1) is 24.4 Å². The van der Waals surface area contributed by atoms with Gasteiger partial charge in [0.1, 0.15) is 6.61 Å². The summed E-state index contributed by atoms with van der Waals surface area (Å²) < 4.78 is 17.7. The molecule has 5 rings (SSSR count). The van der Waals surface area contributed by atoms with Crippen LogP contribution in [-0.4, -0.2) is 56.7 Å². The lowest BCUT2D eigenvalue weighted by atomic mass is 9.78. The van der Waals surface area contributed by atoms with Gasteiger partial charge in [-0.25, -0.2) is 10.2 Å². The highest BCUT2D eigenvalue weighted by Gasteiger charge is 2.41. The van der Waals surface area contributed by atoms with Crippen LogP contribution in [0.3, 0.4) is 0 Å². The van der Waals surface area contributed by atoms with Gasteiger partial charge in [0.15, 0.2) is 0 Å². The van der Waals surface area contributed by atoms with Crippen molar-refractivity contribution in [3.63, 3.8) is 0 Å². The highest BCUT2D eigenvalue weighted by molar-refractivity contribution is 5.67. The number of carbonyl (C=O) groups excluding carboxylic acids is 1. The van der Waals surface area contributed by atoms with Crippen molar-refractivity contribution in [2.75, 3.05) is 31.1 Å². The number of carbonyl (C=O) groups is 1. The van der Waals surface area contributed by atoms with E-state index in [4.69, 9.17) is 14.2 Å². The predicted molar refractivity (Wildman–Crippen MR) is 121 cm³/mol. The smallest absolute Gasteiger partial charge is 0.407 e. The number of amides is 1. The van der Waals surface area contributed by atoms with Gasteiger partial charge in [-0.2, -0.15) is 0 Å². The van der Waals surface area contributed by atoms with E-state index in [0.717, 1.165) is 44.3 Å². The zero-order chi connectivity index (χ0) is 22.1. The van der Waals surface area contributed by atoms with Crippen molar-refractivity contribution in [3.8, 4) is 0 Å². The molecule has 8 nitrogen and oxygen atoms in total. The second-order valence-corrected chi connectivity index (χ2v) is 9.79. The number of fused-ring (bicyclic) bond motifs is 4. The maximum atomic E-state index is 12.2. The maximum absolute atomic E-state index is 12.2. The molecule has 1 aromatic carbocycles. The number of anilines is 1. The van der Waals surface area contributed by atoms with Gasteiger partial charge in [-0.05, 0) is 68.7 Å². The zero-order valence-electron chi connectivity index (χ0n) is 19.1. The molecule has 1 aliphatic carbocycles. The lowest BCUT2D eigenvalue weighted by molar-refractivity contribution is -0.00524. The van der Waals surface area contributed by atoms with Crippen LogP contribution in [0, 0.1) is 5.92 Å². The van der Waals surface area contributed by atoms with E-state index in [0.29, 0.717) is 25.1 Å². The predicted octanol–water partition coefficient (Wildman–Crippen LogP) is 2.63. The molecule has 4 bridgehead atoms. The third-order valence-corrected chi connectivity index (χ3v) is 7.16. The van der Waals surface area contributed by atoms with Crippen LogP contribution in [0.25, 0.3) is 0 Å². The molecule has 8 heteroatoms. The molecule has 3 aliphatic heterocycles. The minimum absolute atomic E-state index is 0.182. The van der Waals surface area contributed by atoms with Gasteiger partial charge >= 0.3 is 6.09 Å². The van der Waals surface area contributed by atoms with Gasteiger partial charge in [-0.3, -0.25) is 5.43 Å².